The molecule has 2 rings (SSSR count). The summed E-state index contributed by atoms with van der Waals surface area (Å²) in [6.07, 6.45) is 0.684. The van der Waals surface area contributed by atoms with Crippen LogP contribution in [-0.4, -0.2) is 13.2 Å². The van der Waals surface area contributed by atoms with Gasteiger partial charge in [-0.3, -0.25) is 0 Å². The highest BCUT2D eigenvalue weighted by atomic mass is 35.5. The summed E-state index contributed by atoms with van der Waals surface area (Å²) < 4.78 is 11.1. The lowest BCUT2D eigenvalue weighted by Crippen LogP contribution is -2.05. The number of hydrogen-bond donors (Lipinski definition) is 0. The molecule has 0 saturated heterocycles. The van der Waals surface area contributed by atoms with Crippen molar-refractivity contribution in [3.8, 4) is 17.6 Å². The minimum absolute atomic E-state index is 0.465. The normalized spacial score (nSPS) is 9.95. The molecule has 0 fully saturated rings. The topological polar surface area (TPSA) is 42.2 Å². The highest BCUT2D eigenvalue weighted by molar-refractivity contribution is 6.34. The largest absolute Gasteiger partial charge is 0.493 e. The molecule has 3 nitrogen and oxygen atoms in total. The van der Waals surface area contributed by atoms with E-state index in [4.69, 9.17) is 37.9 Å². The van der Waals surface area contributed by atoms with E-state index in [1.807, 2.05) is 6.07 Å². The zero-order valence-electron chi connectivity index (χ0n) is 11.2. The molecule has 0 aliphatic carbocycles. The average Bonchev–Trinajstić information content (AvgIpc) is 2.46. The van der Waals surface area contributed by atoms with Crippen LogP contribution >= 0.6 is 23.2 Å². The molecular formula is C16H13Cl2NO2. The molecule has 21 heavy (non-hydrogen) atoms. The van der Waals surface area contributed by atoms with E-state index in [1.165, 1.54) is 0 Å². The molecule has 0 aliphatic rings. The maximum Gasteiger partial charge on any atom is 0.137 e. The summed E-state index contributed by atoms with van der Waals surface area (Å²) in [7, 11) is 0. The Morgan fingerprint density at radius 1 is 0.952 bits per heavy atom. The third-order valence-corrected chi connectivity index (χ3v) is 3.09. The van der Waals surface area contributed by atoms with Crippen molar-refractivity contribution >= 4 is 23.2 Å². The summed E-state index contributed by atoms with van der Waals surface area (Å²) in [4.78, 5) is 0. The van der Waals surface area contributed by atoms with Crippen molar-refractivity contribution < 1.29 is 9.47 Å². The maximum absolute atomic E-state index is 8.94. The van der Waals surface area contributed by atoms with E-state index >= 15 is 0 Å². The molecule has 0 heterocycles. The number of halogens is 2. The molecule has 108 valence electrons. The second kappa shape index (κ2) is 7.78. The van der Waals surface area contributed by atoms with E-state index in [-0.39, 0.29) is 0 Å². The van der Waals surface area contributed by atoms with Crippen LogP contribution in [0.1, 0.15) is 12.0 Å². The fourth-order valence-corrected chi connectivity index (χ4v) is 2.23. The van der Waals surface area contributed by atoms with Crippen molar-refractivity contribution in [2.75, 3.05) is 13.2 Å². The first-order chi connectivity index (χ1) is 10.2. The van der Waals surface area contributed by atoms with Crippen molar-refractivity contribution in [3.63, 3.8) is 0 Å². The van der Waals surface area contributed by atoms with Gasteiger partial charge in [-0.15, -0.1) is 0 Å². The lowest BCUT2D eigenvalue weighted by Gasteiger charge is -2.09. The van der Waals surface area contributed by atoms with Gasteiger partial charge in [0.1, 0.15) is 17.6 Å². The van der Waals surface area contributed by atoms with Crippen molar-refractivity contribution in [1.29, 1.82) is 5.26 Å². The predicted molar refractivity (Wildman–Crippen MR) is 83.2 cm³/mol. The molecule has 2 aromatic rings. The number of rotatable bonds is 6. The van der Waals surface area contributed by atoms with Crippen LogP contribution in [0.25, 0.3) is 0 Å². The number of benzene rings is 2. The molecule has 0 saturated carbocycles. The molecule has 0 atom stereocenters. The van der Waals surface area contributed by atoms with E-state index in [9.17, 15) is 0 Å². The van der Waals surface area contributed by atoms with Crippen molar-refractivity contribution in [2.45, 2.75) is 6.42 Å². The molecule has 2 aromatic carbocycles. The molecule has 0 unspecified atom stereocenters. The molecule has 0 bridgehead atoms. The first kappa shape index (κ1) is 15.5. The van der Waals surface area contributed by atoms with Crippen LogP contribution in [0.3, 0.4) is 0 Å². The van der Waals surface area contributed by atoms with Crippen LogP contribution in [0.4, 0.5) is 0 Å². The lowest BCUT2D eigenvalue weighted by atomic mass is 10.2. The van der Waals surface area contributed by atoms with Gasteiger partial charge in [-0.1, -0.05) is 35.3 Å². The Hall–Kier alpha value is -1.89. The van der Waals surface area contributed by atoms with Crippen LogP contribution < -0.4 is 9.47 Å². The minimum atomic E-state index is 0.465. The first-order valence-corrected chi connectivity index (χ1v) is 7.15. The first-order valence-electron chi connectivity index (χ1n) is 6.40. The molecule has 5 heteroatoms. The van der Waals surface area contributed by atoms with Crippen molar-refractivity contribution in [3.05, 3.63) is 58.1 Å². The number of nitriles is 1. The third kappa shape index (κ3) is 4.86. The number of ether oxygens (including phenoxy) is 2. The summed E-state index contributed by atoms with van der Waals surface area (Å²) in [5.41, 5.74) is 0.528. The zero-order chi connectivity index (χ0) is 15.1. The summed E-state index contributed by atoms with van der Waals surface area (Å²) in [5, 5.41) is 10.0. The van der Waals surface area contributed by atoms with Gasteiger partial charge in [0.15, 0.2) is 0 Å². The summed E-state index contributed by atoms with van der Waals surface area (Å²) in [5.74, 6) is 1.22. The molecule has 0 spiro atoms. The van der Waals surface area contributed by atoms with Crippen LogP contribution in [0, 0.1) is 11.3 Å². The number of nitrogens with zero attached hydrogens (tertiary/aromatic N) is 1. The molecule has 0 aromatic heterocycles. The van der Waals surface area contributed by atoms with Gasteiger partial charge in [0.25, 0.3) is 0 Å². The Labute approximate surface area is 133 Å². The zero-order valence-corrected chi connectivity index (χ0v) is 12.7. The number of para-hydroxylation sites is 1. The van der Waals surface area contributed by atoms with Gasteiger partial charge in [-0.25, -0.2) is 0 Å². The van der Waals surface area contributed by atoms with Crippen molar-refractivity contribution in [2.24, 2.45) is 0 Å². The summed E-state index contributed by atoms with van der Waals surface area (Å²) in [6.45, 7) is 0.943. The van der Waals surface area contributed by atoms with Gasteiger partial charge in [-0.2, -0.15) is 5.26 Å². The summed E-state index contributed by atoms with van der Waals surface area (Å²) >= 11 is 11.8. The highest BCUT2D eigenvalue weighted by Crippen LogP contribution is 2.24. The van der Waals surface area contributed by atoms with Gasteiger partial charge < -0.3 is 9.47 Å². The Morgan fingerprint density at radius 3 is 2.33 bits per heavy atom. The molecular weight excluding hydrogens is 309 g/mol. The van der Waals surface area contributed by atoms with E-state index in [1.54, 1.807) is 36.4 Å². The molecule has 0 radical (unpaired) electrons. The Kier molecular flexibility index (Phi) is 5.74. The predicted octanol–water partition coefficient (Wildman–Crippen LogP) is 4.71. The van der Waals surface area contributed by atoms with E-state index in [0.717, 1.165) is 0 Å². The van der Waals surface area contributed by atoms with Crippen LogP contribution in [0.2, 0.25) is 10.0 Å². The van der Waals surface area contributed by atoms with Gasteiger partial charge in [0.2, 0.25) is 0 Å². The lowest BCUT2D eigenvalue weighted by molar-refractivity contribution is 0.247. The Morgan fingerprint density at radius 2 is 1.62 bits per heavy atom. The molecule has 0 amide bonds. The summed E-state index contributed by atoms with van der Waals surface area (Å²) in [6, 6.07) is 14.3. The van der Waals surface area contributed by atoms with E-state index < -0.39 is 0 Å². The monoisotopic (exact) mass is 321 g/mol. The van der Waals surface area contributed by atoms with Crippen LogP contribution in [0.15, 0.2) is 42.5 Å². The van der Waals surface area contributed by atoms with Gasteiger partial charge in [-0.05, 0) is 30.3 Å². The smallest absolute Gasteiger partial charge is 0.137 e. The number of hydrogen-bond acceptors (Lipinski definition) is 3. The highest BCUT2D eigenvalue weighted by Gasteiger charge is 2.02. The third-order valence-electron chi connectivity index (χ3n) is 2.66. The second-order valence-corrected chi connectivity index (χ2v) is 5.14. The van der Waals surface area contributed by atoms with Gasteiger partial charge in [0.05, 0.1) is 18.8 Å². The van der Waals surface area contributed by atoms with Crippen LogP contribution in [0.5, 0.6) is 11.5 Å². The van der Waals surface area contributed by atoms with Gasteiger partial charge in [0, 0.05) is 16.5 Å². The van der Waals surface area contributed by atoms with Gasteiger partial charge >= 0.3 is 0 Å². The fourth-order valence-electron chi connectivity index (χ4n) is 1.73. The van der Waals surface area contributed by atoms with E-state index in [2.05, 4.69) is 6.07 Å². The van der Waals surface area contributed by atoms with E-state index in [0.29, 0.717) is 46.7 Å². The van der Waals surface area contributed by atoms with Crippen molar-refractivity contribution in [1.82, 2.24) is 0 Å². The fraction of sp³-hybridized carbons (Fsp3) is 0.188. The van der Waals surface area contributed by atoms with Crippen LogP contribution in [-0.2, 0) is 0 Å². The average molecular weight is 322 g/mol. The standard InChI is InChI=1S/C16H13Cl2NO2/c17-13-8-14(18)10-15(9-13)20-6-3-7-21-16-5-2-1-4-12(16)11-19/h1-2,4-5,8-10H,3,6-7H2. The minimum Gasteiger partial charge on any atom is -0.493 e. The Bertz CT molecular complexity index is 633. The molecule has 0 aliphatic heterocycles. The quantitative estimate of drug-likeness (QED) is 0.723. The molecule has 0 N–H and O–H groups in total. The maximum atomic E-state index is 8.94. The Balaban J connectivity index is 1.76. The second-order valence-electron chi connectivity index (χ2n) is 4.26. The SMILES string of the molecule is N#Cc1ccccc1OCCCOc1cc(Cl)cc(Cl)c1.